The van der Waals surface area contributed by atoms with E-state index in [1.54, 1.807) is 23.5 Å². The zero-order chi connectivity index (χ0) is 13.2. The molecule has 4 nitrogen and oxygen atoms in total. The summed E-state index contributed by atoms with van der Waals surface area (Å²) in [6, 6.07) is 5.43. The van der Waals surface area contributed by atoms with Gasteiger partial charge in [-0.05, 0) is 42.8 Å². The van der Waals surface area contributed by atoms with E-state index in [2.05, 4.69) is 4.98 Å². The minimum atomic E-state index is -0.0402. The van der Waals surface area contributed by atoms with E-state index < -0.39 is 0 Å². The maximum Gasteiger partial charge on any atom is 0.276 e. The van der Waals surface area contributed by atoms with Gasteiger partial charge in [0.05, 0.1) is 17.6 Å². The molecular weight excluding hydrogens is 258 g/mol. The fourth-order valence-corrected chi connectivity index (χ4v) is 3.24. The summed E-state index contributed by atoms with van der Waals surface area (Å²) in [5.74, 6) is -0.0402. The Bertz CT molecular complexity index is 591. The number of amides is 1. The van der Waals surface area contributed by atoms with Gasteiger partial charge < -0.3 is 10.6 Å². The summed E-state index contributed by atoms with van der Waals surface area (Å²) in [5.41, 5.74) is 7.68. The largest absolute Gasteiger partial charge is 0.397 e. The van der Waals surface area contributed by atoms with E-state index in [0.29, 0.717) is 11.4 Å². The van der Waals surface area contributed by atoms with Gasteiger partial charge >= 0.3 is 0 Å². The Hall–Kier alpha value is -1.88. The molecule has 0 aliphatic carbocycles. The molecule has 0 aromatic carbocycles. The van der Waals surface area contributed by atoms with Crippen molar-refractivity contribution in [1.82, 2.24) is 4.98 Å². The maximum absolute atomic E-state index is 12.6. The summed E-state index contributed by atoms with van der Waals surface area (Å²) in [7, 11) is 0. The molecule has 0 bridgehead atoms. The Kier molecular flexibility index (Phi) is 3.21. The number of carbonyl (C=O) groups is 1. The van der Waals surface area contributed by atoms with Crippen molar-refractivity contribution in [3.05, 3.63) is 40.3 Å². The van der Waals surface area contributed by atoms with Crippen molar-refractivity contribution in [1.29, 1.82) is 0 Å². The molecule has 1 aliphatic heterocycles. The summed E-state index contributed by atoms with van der Waals surface area (Å²) in [4.78, 5) is 19.8. The van der Waals surface area contributed by atoms with Crippen molar-refractivity contribution in [2.24, 2.45) is 0 Å². The number of nitrogen functional groups attached to an aromatic ring is 1. The van der Waals surface area contributed by atoms with Crippen LogP contribution in [0, 0.1) is 0 Å². The maximum atomic E-state index is 12.6. The molecule has 0 radical (unpaired) electrons. The van der Waals surface area contributed by atoms with Crippen LogP contribution in [0.1, 0.15) is 28.2 Å². The van der Waals surface area contributed by atoms with Crippen LogP contribution in [0.4, 0.5) is 11.4 Å². The highest BCUT2D eigenvalue weighted by molar-refractivity contribution is 7.10. The van der Waals surface area contributed by atoms with Crippen molar-refractivity contribution in [3.63, 3.8) is 0 Å². The normalized spacial score (nSPS) is 14.8. The van der Waals surface area contributed by atoms with Crippen LogP contribution < -0.4 is 10.6 Å². The first-order chi connectivity index (χ1) is 9.25. The fourth-order valence-electron chi connectivity index (χ4n) is 2.32. The third-order valence-corrected chi connectivity index (χ3v) is 4.27. The van der Waals surface area contributed by atoms with Crippen molar-refractivity contribution < 1.29 is 4.79 Å². The highest BCUT2D eigenvalue weighted by Gasteiger charge is 2.23. The Labute approximate surface area is 115 Å². The highest BCUT2D eigenvalue weighted by atomic mass is 32.1. The van der Waals surface area contributed by atoms with E-state index in [0.717, 1.165) is 31.5 Å². The van der Waals surface area contributed by atoms with Crippen LogP contribution >= 0.6 is 11.3 Å². The summed E-state index contributed by atoms with van der Waals surface area (Å²) in [5, 5.41) is 2.05. The fraction of sp³-hybridized carbons (Fsp3) is 0.286. The second-order valence-corrected chi connectivity index (χ2v) is 5.62. The second-order valence-electron chi connectivity index (χ2n) is 4.62. The number of aryl methyl sites for hydroxylation is 1. The lowest BCUT2D eigenvalue weighted by Crippen LogP contribution is -2.32. The van der Waals surface area contributed by atoms with E-state index in [1.165, 1.54) is 11.1 Å². The Morgan fingerprint density at radius 3 is 3.00 bits per heavy atom. The Balaban J connectivity index is 1.94. The van der Waals surface area contributed by atoms with E-state index in [1.807, 2.05) is 16.3 Å². The van der Waals surface area contributed by atoms with Crippen LogP contribution in [-0.4, -0.2) is 17.4 Å². The molecule has 1 amide bonds. The summed E-state index contributed by atoms with van der Waals surface area (Å²) in [6.07, 6.45) is 4.75. The first kappa shape index (κ1) is 12.2. The van der Waals surface area contributed by atoms with Gasteiger partial charge in [-0.1, -0.05) is 0 Å². The van der Waals surface area contributed by atoms with E-state index in [9.17, 15) is 4.79 Å². The number of hydrogen-bond donors (Lipinski definition) is 1. The molecular formula is C14H15N3OS. The Morgan fingerprint density at radius 1 is 1.32 bits per heavy atom. The number of thiophene rings is 1. The van der Waals surface area contributed by atoms with Gasteiger partial charge in [0.15, 0.2) is 0 Å². The highest BCUT2D eigenvalue weighted by Crippen LogP contribution is 2.31. The van der Waals surface area contributed by atoms with E-state index in [4.69, 9.17) is 5.73 Å². The zero-order valence-corrected chi connectivity index (χ0v) is 11.3. The molecule has 98 valence electrons. The SMILES string of the molecule is Nc1ccc(C(=O)N2CCCCc3sccc32)nc1. The standard InChI is InChI=1S/C14H15N3OS/c15-10-4-5-11(16-9-10)14(18)17-7-2-1-3-13-12(17)6-8-19-13/h4-6,8-9H,1-3,7,15H2. The van der Waals surface area contributed by atoms with Gasteiger partial charge in [-0.3, -0.25) is 4.79 Å². The van der Waals surface area contributed by atoms with Crippen LogP contribution in [0.3, 0.4) is 0 Å². The van der Waals surface area contributed by atoms with Crippen molar-refractivity contribution in [2.75, 3.05) is 17.2 Å². The van der Waals surface area contributed by atoms with Crippen LogP contribution in [0.5, 0.6) is 0 Å². The molecule has 2 aromatic rings. The molecule has 0 atom stereocenters. The molecule has 0 fully saturated rings. The smallest absolute Gasteiger partial charge is 0.276 e. The Morgan fingerprint density at radius 2 is 2.21 bits per heavy atom. The van der Waals surface area contributed by atoms with Gasteiger partial charge in [0.2, 0.25) is 0 Å². The number of anilines is 2. The van der Waals surface area contributed by atoms with Gasteiger partial charge in [-0.25, -0.2) is 4.98 Å². The number of carbonyl (C=O) groups excluding carboxylic acids is 1. The van der Waals surface area contributed by atoms with Gasteiger partial charge in [-0.2, -0.15) is 0 Å². The first-order valence-electron chi connectivity index (χ1n) is 6.35. The predicted molar refractivity (Wildman–Crippen MR) is 77.6 cm³/mol. The van der Waals surface area contributed by atoms with E-state index >= 15 is 0 Å². The van der Waals surface area contributed by atoms with Crippen LogP contribution in [0.25, 0.3) is 0 Å². The van der Waals surface area contributed by atoms with Crippen LogP contribution in [-0.2, 0) is 6.42 Å². The number of aromatic nitrogens is 1. The number of hydrogen-bond acceptors (Lipinski definition) is 4. The third-order valence-electron chi connectivity index (χ3n) is 3.30. The molecule has 0 unspecified atom stereocenters. The quantitative estimate of drug-likeness (QED) is 0.869. The lowest BCUT2D eigenvalue weighted by molar-refractivity contribution is 0.0982. The van der Waals surface area contributed by atoms with Crippen LogP contribution in [0.15, 0.2) is 29.8 Å². The van der Waals surface area contributed by atoms with Gasteiger partial charge in [0.25, 0.3) is 5.91 Å². The minimum Gasteiger partial charge on any atom is -0.397 e. The lowest BCUT2D eigenvalue weighted by atomic mass is 10.2. The van der Waals surface area contributed by atoms with Crippen molar-refractivity contribution in [3.8, 4) is 0 Å². The third kappa shape index (κ3) is 2.33. The first-order valence-corrected chi connectivity index (χ1v) is 7.23. The molecule has 3 rings (SSSR count). The molecule has 0 spiro atoms. The summed E-state index contributed by atoms with van der Waals surface area (Å²) in [6.45, 7) is 0.759. The van der Waals surface area contributed by atoms with Crippen molar-refractivity contribution in [2.45, 2.75) is 19.3 Å². The van der Waals surface area contributed by atoms with Gasteiger partial charge in [0, 0.05) is 11.4 Å². The molecule has 0 saturated heterocycles. The van der Waals surface area contributed by atoms with E-state index in [-0.39, 0.29) is 5.91 Å². The van der Waals surface area contributed by atoms with Crippen molar-refractivity contribution >= 4 is 28.6 Å². The molecule has 3 heterocycles. The monoisotopic (exact) mass is 273 g/mol. The molecule has 0 saturated carbocycles. The molecule has 1 aliphatic rings. The molecule has 2 N–H and O–H groups in total. The predicted octanol–water partition coefficient (Wildman–Crippen LogP) is 2.71. The van der Waals surface area contributed by atoms with Crippen LogP contribution in [0.2, 0.25) is 0 Å². The number of fused-ring (bicyclic) bond motifs is 1. The number of rotatable bonds is 1. The van der Waals surface area contributed by atoms with Gasteiger partial charge in [0.1, 0.15) is 5.69 Å². The molecule has 19 heavy (non-hydrogen) atoms. The minimum absolute atomic E-state index is 0.0402. The molecule has 5 heteroatoms. The second kappa shape index (κ2) is 5.01. The summed E-state index contributed by atoms with van der Waals surface area (Å²) >= 11 is 1.72. The molecule has 2 aromatic heterocycles. The average Bonchev–Trinajstić information content (AvgIpc) is 2.79. The number of pyridine rings is 1. The average molecular weight is 273 g/mol. The topological polar surface area (TPSA) is 59.2 Å². The lowest BCUT2D eigenvalue weighted by Gasteiger charge is -2.20. The van der Waals surface area contributed by atoms with Gasteiger partial charge in [-0.15, -0.1) is 11.3 Å². The number of nitrogens with zero attached hydrogens (tertiary/aromatic N) is 2. The number of nitrogens with two attached hydrogens (primary N) is 1. The summed E-state index contributed by atoms with van der Waals surface area (Å²) < 4.78 is 0. The zero-order valence-electron chi connectivity index (χ0n) is 10.5.